The number of nitrogens with zero attached hydrogens (tertiary/aromatic N) is 1. The molecule has 4 heteroatoms. The van der Waals surface area contributed by atoms with Crippen LogP contribution in [0.1, 0.15) is 38.5 Å². The Morgan fingerprint density at radius 2 is 2.05 bits per heavy atom. The minimum Gasteiger partial charge on any atom is -0.374 e. The van der Waals surface area contributed by atoms with Gasteiger partial charge in [0.15, 0.2) is 0 Å². The van der Waals surface area contributed by atoms with Crippen molar-refractivity contribution < 1.29 is 9.53 Å². The summed E-state index contributed by atoms with van der Waals surface area (Å²) in [6.07, 6.45) is 8.11. The molecule has 0 spiro atoms. The Hall–Kier alpha value is -0.610. The van der Waals surface area contributed by atoms with Gasteiger partial charge in [0.1, 0.15) is 0 Å². The zero-order valence-corrected chi connectivity index (χ0v) is 11.8. The molecule has 1 aliphatic carbocycles. The van der Waals surface area contributed by atoms with E-state index >= 15 is 0 Å². The highest BCUT2D eigenvalue weighted by atomic mass is 16.5. The fraction of sp³-hybridized carbons (Fsp3) is 0.933. The maximum Gasteiger partial charge on any atom is 0.225 e. The minimum absolute atomic E-state index is 0.0881. The van der Waals surface area contributed by atoms with Crippen LogP contribution in [0.15, 0.2) is 0 Å². The lowest BCUT2D eigenvalue weighted by molar-refractivity contribution is -0.130. The third-order valence-corrected chi connectivity index (χ3v) is 4.95. The Kier molecular flexibility index (Phi) is 4.38. The highest BCUT2D eigenvalue weighted by molar-refractivity contribution is 5.79. The van der Waals surface area contributed by atoms with E-state index in [1.807, 2.05) is 0 Å². The molecule has 2 atom stereocenters. The summed E-state index contributed by atoms with van der Waals surface area (Å²) >= 11 is 0. The molecule has 1 saturated carbocycles. The number of hydrogen-bond acceptors (Lipinski definition) is 3. The second-order valence-electron chi connectivity index (χ2n) is 6.36. The average molecular weight is 266 g/mol. The van der Waals surface area contributed by atoms with Crippen molar-refractivity contribution in [1.82, 2.24) is 10.2 Å². The van der Waals surface area contributed by atoms with Gasteiger partial charge in [-0.3, -0.25) is 4.79 Å². The topological polar surface area (TPSA) is 41.6 Å². The lowest BCUT2D eigenvalue weighted by atomic mass is 9.87. The Labute approximate surface area is 115 Å². The van der Waals surface area contributed by atoms with Crippen LogP contribution in [0.5, 0.6) is 0 Å². The van der Waals surface area contributed by atoms with Gasteiger partial charge in [0, 0.05) is 19.6 Å². The van der Waals surface area contributed by atoms with E-state index in [1.165, 1.54) is 38.6 Å². The van der Waals surface area contributed by atoms with Crippen molar-refractivity contribution in [3.63, 3.8) is 0 Å². The third kappa shape index (κ3) is 3.29. The summed E-state index contributed by atoms with van der Waals surface area (Å²) in [6.45, 7) is 4.58. The first-order chi connectivity index (χ1) is 9.33. The first-order valence-corrected chi connectivity index (χ1v) is 7.94. The van der Waals surface area contributed by atoms with E-state index < -0.39 is 0 Å². The predicted octanol–water partition coefficient (Wildman–Crippen LogP) is 1.40. The number of nitrogens with one attached hydrogen (secondary N) is 1. The highest BCUT2D eigenvalue weighted by Crippen LogP contribution is 2.27. The van der Waals surface area contributed by atoms with Crippen LogP contribution in [0, 0.1) is 11.8 Å². The van der Waals surface area contributed by atoms with Crippen molar-refractivity contribution in [2.45, 2.75) is 44.6 Å². The van der Waals surface area contributed by atoms with Crippen molar-refractivity contribution in [2.24, 2.45) is 11.8 Å². The van der Waals surface area contributed by atoms with Gasteiger partial charge in [-0.25, -0.2) is 0 Å². The summed E-state index contributed by atoms with van der Waals surface area (Å²) in [7, 11) is 0. The molecule has 0 unspecified atom stereocenters. The summed E-state index contributed by atoms with van der Waals surface area (Å²) < 4.78 is 5.87. The standard InChI is InChI=1S/C15H26N2O2/c18-15-13-6-8-17(10-12-4-2-1-3-5-12)11-14(13)19-9-7-16-15/h12-14H,1-11H2,(H,16,18)/t13-,14+/m0/s1. The van der Waals surface area contributed by atoms with Crippen LogP contribution >= 0.6 is 0 Å². The Morgan fingerprint density at radius 1 is 1.21 bits per heavy atom. The molecule has 3 aliphatic rings. The molecule has 0 aromatic heterocycles. The molecule has 108 valence electrons. The lowest BCUT2D eigenvalue weighted by Gasteiger charge is -2.38. The van der Waals surface area contributed by atoms with E-state index in [2.05, 4.69) is 10.2 Å². The van der Waals surface area contributed by atoms with Gasteiger partial charge in [-0.15, -0.1) is 0 Å². The van der Waals surface area contributed by atoms with Gasteiger partial charge in [-0.2, -0.15) is 0 Å². The van der Waals surface area contributed by atoms with Gasteiger partial charge in [0.2, 0.25) is 5.91 Å². The molecule has 0 aromatic carbocycles. The van der Waals surface area contributed by atoms with Crippen LogP contribution < -0.4 is 5.32 Å². The number of hydrogen-bond donors (Lipinski definition) is 1. The number of fused-ring (bicyclic) bond motifs is 1. The van der Waals surface area contributed by atoms with Gasteiger partial charge in [0.25, 0.3) is 0 Å². The zero-order chi connectivity index (χ0) is 13.1. The molecular formula is C15H26N2O2. The summed E-state index contributed by atoms with van der Waals surface area (Å²) in [6, 6.07) is 0. The maximum absolute atomic E-state index is 11.9. The van der Waals surface area contributed by atoms with E-state index in [9.17, 15) is 4.79 Å². The molecule has 0 bridgehead atoms. The van der Waals surface area contributed by atoms with E-state index in [0.717, 1.165) is 25.4 Å². The van der Waals surface area contributed by atoms with E-state index in [0.29, 0.717) is 13.2 Å². The summed E-state index contributed by atoms with van der Waals surface area (Å²) in [4.78, 5) is 14.5. The molecule has 19 heavy (non-hydrogen) atoms. The molecule has 3 fully saturated rings. The van der Waals surface area contributed by atoms with Crippen molar-refractivity contribution in [2.75, 3.05) is 32.8 Å². The van der Waals surface area contributed by atoms with Crippen LogP contribution in [0.4, 0.5) is 0 Å². The smallest absolute Gasteiger partial charge is 0.225 e. The fourth-order valence-electron chi connectivity index (χ4n) is 3.87. The van der Waals surface area contributed by atoms with Crippen LogP contribution in [0.3, 0.4) is 0 Å². The lowest BCUT2D eigenvalue weighted by Crippen LogP contribution is -2.49. The highest BCUT2D eigenvalue weighted by Gasteiger charge is 2.36. The van der Waals surface area contributed by atoms with E-state index in [4.69, 9.17) is 4.74 Å². The second-order valence-corrected chi connectivity index (χ2v) is 6.36. The third-order valence-electron chi connectivity index (χ3n) is 4.95. The monoisotopic (exact) mass is 266 g/mol. The van der Waals surface area contributed by atoms with Crippen LogP contribution in [-0.4, -0.2) is 49.7 Å². The normalized spacial score (nSPS) is 34.4. The van der Waals surface area contributed by atoms with Crippen molar-refractivity contribution in [3.05, 3.63) is 0 Å². The number of ether oxygens (including phenoxy) is 1. The molecule has 2 saturated heterocycles. The Morgan fingerprint density at radius 3 is 2.89 bits per heavy atom. The predicted molar refractivity (Wildman–Crippen MR) is 73.9 cm³/mol. The molecule has 2 heterocycles. The number of carbonyl (C=O) groups excluding carboxylic acids is 1. The average Bonchev–Trinajstić information content (AvgIpc) is 2.62. The zero-order valence-electron chi connectivity index (χ0n) is 11.8. The minimum atomic E-state index is 0.0881. The second kappa shape index (κ2) is 6.23. The molecule has 2 aliphatic heterocycles. The molecule has 1 N–H and O–H groups in total. The fourth-order valence-corrected chi connectivity index (χ4v) is 3.87. The van der Waals surface area contributed by atoms with Gasteiger partial charge in [0.05, 0.1) is 18.6 Å². The van der Waals surface area contributed by atoms with Crippen molar-refractivity contribution in [1.29, 1.82) is 0 Å². The number of amides is 1. The Bertz CT molecular complexity index is 315. The Balaban J connectivity index is 1.54. The largest absolute Gasteiger partial charge is 0.374 e. The van der Waals surface area contributed by atoms with E-state index in [1.54, 1.807) is 0 Å². The SMILES string of the molecule is O=C1NCCO[C@@H]2CN(CC3CCCCC3)CC[C@H]12. The molecule has 3 rings (SSSR count). The number of rotatable bonds is 2. The van der Waals surface area contributed by atoms with Gasteiger partial charge in [-0.1, -0.05) is 19.3 Å². The molecule has 1 amide bonds. The van der Waals surface area contributed by atoms with Crippen molar-refractivity contribution in [3.8, 4) is 0 Å². The van der Waals surface area contributed by atoms with Gasteiger partial charge in [-0.05, 0) is 31.7 Å². The van der Waals surface area contributed by atoms with Gasteiger partial charge >= 0.3 is 0 Å². The molecular weight excluding hydrogens is 240 g/mol. The first-order valence-electron chi connectivity index (χ1n) is 7.94. The molecule has 4 nitrogen and oxygen atoms in total. The van der Waals surface area contributed by atoms with Gasteiger partial charge < -0.3 is 15.0 Å². The number of likely N-dealkylation sites (tertiary alicyclic amines) is 1. The van der Waals surface area contributed by atoms with E-state index in [-0.39, 0.29) is 17.9 Å². The molecule has 0 aromatic rings. The first kappa shape index (κ1) is 13.4. The summed E-state index contributed by atoms with van der Waals surface area (Å²) in [5.41, 5.74) is 0. The number of piperidine rings is 1. The maximum atomic E-state index is 11.9. The van der Waals surface area contributed by atoms with Crippen LogP contribution in [-0.2, 0) is 9.53 Å². The quantitative estimate of drug-likeness (QED) is 0.821. The summed E-state index contributed by atoms with van der Waals surface area (Å²) in [5, 5.41) is 2.96. The molecule has 0 radical (unpaired) electrons. The number of carbonyl (C=O) groups is 1. The van der Waals surface area contributed by atoms with Crippen LogP contribution in [0.2, 0.25) is 0 Å². The van der Waals surface area contributed by atoms with Crippen LogP contribution in [0.25, 0.3) is 0 Å². The summed E-state index contributed by atoms with van der Waals surface area (Å²) in [5.74, 6) is 1.18. The van der Waals surface area contributed by atoms with Crippen molar-refractivity contribution >= 4 is 5.91 Å².